The van der Waals surface area contributed by atoms with Gasteiger partial charge in [-0.1, -0.05) is 0 Å². The molecular formula is C13H10FN3O2. The van der Waals surface area contributed by atoms with Crippen molar-refractivity contribution in [3.05, 3.63) is 41.8 Å². The fourth-order valence-electron chi connectivity index (χ4n) is 1.68. The summed E-state index contributed by atoms with van der Waals surface area (Å²) >= 11 is 0. The molecule has 1 aromatic heterocycles. The van der Waals surface area contributed by atoms with Crippen LogP contribution in [0.25, 0.3) is 11.3 Å². The molecule has 0 radical (unpaired) electrons. The van der Waals surface area contributed by atoms with Gasteiger partial charge in [-0.2, -0.15) is 10.4 Å². The van der Waals surface area contributed by atoms with Crippen LogP contribution in [0.4, 0.5) is 4.39 Å². The Bertz CT molecular complexity index is 641. The Morgan fingerprint density at radius 2 is 2.11 bits per heavy atom. The van der Waals surface area contributed by atoms with E-state index in [1.165, 1.54) is 35.0 Å². The van der Waals surface area contributed by atoms with Crippen LogP contribution in [0.3, 0.4) is 0 Å². The van der Waals surface area contributed by atoms with Crippen LogP contribution in [0, 0.1) is 17.1 Å². The Morgan fingerprint density at radius 1 is 1.42 bits per heavy atom. The van der Waals surface area contributed by atoms with Gasteiger partial charge in [0.25, 0.3) is 0 Å². The third-order valence-corrected chi connectivity index (χ3v) is 2.57. The Labute approximate surface area is 108 Å². The minimum absolute atomic E-state index is 0.00887. The highest BCUT2D eigenvalue weighted by molar-refractivity contribution is 5.87. The second-order valence-electron chi connectivity index (χ2n) is 3.86. The summed E-state index contributed by atoms with van der Waals surface area (Å²) in [6.07, 6.45) is 0.171. The first-order valence-electron chi connectivity index (χ1n) is 5.56. The average Bonchev–Trinajstić information content (AvgIpc) is 2.81. The van der Waals surface area contributed by atoms with E-state index in [0.717, 1.165) is 0 Å². The number of rotatable bonds is 4. The number of aryl methyl sites for hydroxylation is 1. The van der Waals surface area contributed by atoms with Crippen LogP contribution in [-0.2, 0) is 6.54 Å². The minimum atomic E-state index is -1.11. The zero-order valence-corrected chi connectivity index (χ0v) is 9.88. The SMILES string of the molecule is N#CCCn1nc(-c2ccc(F)cc2)cc1C(=O)O. The lowest BCUT2D eigenvalue weighted by molar-refractivity contribution is 0.0683. The Balaban J connectivity index is 2.39. The number of hydrogen-bond acceptors (Lipinski definition) is 3. The van der Waals surface area contributed by atoms with E-state index in [2.05, 4.69) is 5.10 Å². The van der Waals surface area contributed by atoms with Gasteiger partial charge in [0.1, 0.15) is 11.5 Å². The number of nitrogens with zero attached hydrogens (tertiary/aromatic N) is 3. The molecule has 0 atom stereocenters. The highest BCUT2D eigenvalue weighted by Crippen LogP contribution is 2.20. The number of nitriles is 1. The molecule has 0 fully saturated rings. The van der Waals surface area contributed by atoms with Crippen molar-refractivity contribution in [2.75, 3.05) is 0 Å². The van der Waals surface area contributed by atoms with Crippen molar-refractivity contribution < 1.29 is 14.3 Å². The van der Waals surface area contributed by atoms with Gasteiger partial charge in [-0.25, -0.2) is 9.18 Å². The van der Waals surface area contributed by atoms with Gasteiger partial charge in [0.2, 0.25) is 0 Å². The number of aromatic carboxylic acids is 1. The molecule has 0 bridgehead atoms. The summed E-state index contributed by atoms with van der Waals surface area (Å²) in [6.45, 7) is 0.208. The van der Waals surface area contributed by atoms with Crippen LogP contribution in [0.15, 0.2) is 30.3 Å². The smallest absolute Gasteiger partial charge is 0.354 e. The van der Waals surface area contributed by atoms with Crippen LogP contribution in [0.2, 0.25) is 0 Å². The van der Waals surface area contributed by atoms with E-state index in [9.17, 15) is 9.18 Å². The van der Waals surface area contributed by atoms with E-state index in [0.29, 0.717) is 11.3 Å². The van der Waals surface area contributed by atoms with Gasteiger partial charge in [0, 0.05) is 5.56 Å². The third-order valence-electron chi connectivity index (χ3n) is 2.57. The lowest BCUT2D eigenvalue weighted by Crippen LogP contribution is -2.09. The van der Waals surface area contributed by atoms with E-state index in [1.807, 2.05) is 6.07 Å². The summed E-state index contributed by atoms with van der Waals surface area (Å²) in [5, 5.41) is 21.7. The maximum absolute atomic E-state index is 12.8. The van der Waals surface area contributed by atoms with Gasteiger partial charge in [-0.3, -0.25) is 4.68 Å². The molecule has 5 nitrogen and oxygen atoms in total. The summed E-state index contributed by atoms with van der Waals surface area (Å²) in [5.41, 5.74) is 1.07. The molecule has 6 heteroatoms. The van der Waals surface area contributed by atoms with E-state index in [4.69, 9.17) is 10.4 Å². The molecule has 2 rings (SSSR count). The summed E-state index contributed by atoms with van der Waals surface area (Å²) in [6, 6.07) is 8.96. The number of carboxylic acid groups (broad SMARTS) is 1. The molecule has 1 N–H and O–H groups in total. The summed E-state index contributed by atoms with van der Waals surface area (Å²) < 4.78 is 14.1. The maximum atomic E-state index is 12.8. The molecule has 1 aromatic carbocycles. The molecule has 19 heavy (non-hydrogen) atoms. The predicted molar refractivity (Wildman–Crippen MR) is 64.8 cm³/mol. The second-order valence-corrected chi connectivity index (χ2v) is 3.86. The highest BCUT2D eigenvalue weighted by atomic mass is 19.1. The number of carboxylic acids is 1. The number of carbonyl (C=O) groups is 1. The first kappa shape index (κ1) is 12.8. The summed E-state index contributed by atoms with van der Waals surface area (Å²) in [7, 11) is 0. The molecule has 0 amide bonds. The molecule has 0 saturated heterocycles. The Hall–Kier alpha value is -2.68. The van der Waals surface area contributed by atoms with E-state index in [-0.39, 0.29) is 24.5 Å². The highest BCUT2D eigenvalue weighted by Gasteiger charge is 2.15. The van der Waals surface area contributed by atoms with Gasteiger partial charge < -0.3 is 5.11 Å². The predicted octanol–water partition coefficient (Wildman–Crippen LogP) is 2.30. The number of aromatic nitrogens is 2. The van der Waals surface area contributed by atoms with Crippen molar-refractivity contribution in [3.8, 4) is 17.3 Å². The van der Waals surface area contributed by atoms with Crippen LogP contribution in [0.1, 0.15) is 16.9 Å². The minimum Gasteiger partial charge on any atom is -0.477 e. The lowest BCUT2D eigenvalue weighted by atomic mass is 10.1. The normalized spacial score (nSPS) is 10.1. The molecule has 0 aliphatic carbocycles. The maximum Gasteiger partial charge on any atom is 0.354 e. The number of hydrogen-bond donors (Lipinski definition) is 1. The van der Waals surface area contributed by atoms with E-state index < -0.39 is 5.97 Å². The topological polar surface area (TPSA) is 78.9 Å². The molecule has 0 unspecified atom stereocenters. The first-order chi connectivity index (χ1) is 9.11. The van der Waals surface area contributed by atoms with Crippen molar-refractivity contribution >= 4 is 5.97 Å². The van der Waals surface area contributed by atoms with E-state index in [1.54, 1.807) is 0 Å². The van der Waals surface area contributed by atoms with Gasteiger partial charge >= 0.3 is 5.97 Å². The largest absolute Gasteiger partial charge is 0.477 e. The summed E-state index contributed by atoms with van der Waals surface area (Å²) in [4.78, 5) is 11.1. The van der Waals surface area contributed by atoms with Crippen LogP contribution < -0.4 is 0 Å². The van der Waals surface area contributed by atoms with Crippen LogP contribution >= 0.6 is 0 Å². The van der Waals surface area contributed by atoms with Gasteiger partial charge in [-0.15, -0.1) is 0 Å². The Morgan fingerprint density at radius 3 is 2.68 bits per heavy atom. The number of benzene rings is 1. The van der Waals surface area contributed by atoms with Gasteiger partial charge in [0.15, 0.2) is 0 Å². The van der Waals surface area contributed by atoms with Crippen molar-refractivity contribution in [2.45, 2.75) is 13.0 Å². The van der Waals surface area contributed by atoms with Crippen molar-refractivity contribution in [1.82, 2.24) is 9.78 Å². The van der Waals surface area contributed by atoms with Crippen molar-refractivity contribution in [3.63, 3.8) is 0 Å². The fraction of sp³-hybridized carbons (Fsp3) is 0.154. The lowest BCUT2D eigenvalue weighted by Gasteiger charge is -1.99. The van der Waals surface area contributed by atoms with Crippen molar-refractivity contribution in [1.29, 1.82) is 5.26 Å². The molecule has 0 saturated carbocycles. The quantitative estimate of drug-likeness (QED) is 0.913. The average molecular weight is 259 g/mol. The molecular weight excluding hydrogens is 249 g/mol. The monoisotopic (exact) mass is 259 g/mol. The second kappa shape index (κ2) is 5.31. The number of halogens is 1. The molecule has 0 aliphatic heterocycles. The van der Waals surface area contributed by atoms with Gasteiger partial charge in [-0.05, 0) is 30.3 Å². The molecule has 0 spiro atoms. The standard InChI is InChI=1S/C13H10FN3O2/c14-10-4-2-9(3-5-10)11-8-12(13(18)19)17(16-11)7-1-6-15/h2-5,8H,1,7H2,(H,18,19). The summed E-state index contributed by atoms with van der Waals surface area (Å²) in [5.74, 6) is -1.48. The molecule has 0 aliphatic rings. The van der Waals surface area contributed by atoms with Crippen LogP contribution in [-0.4, -0.2) is 20.9 Å². The third kappa shape index (κ3) is 2.77. The molecule has 2 aromatic rings. The van der Waals surface area contributed by atoms with Crippen LogP contribution in [0.5, 0.6) is 0 Å². The zero-order chi connectivity index (χ0) is 13.8. The van der Waals surface area contributed by atoms with Gasteiger partial charge in [0.05, 0.1) is 24.7 Å². The fourth-order valence-corrected chi connectivity index (χ4v) is 1.68. The zero-order valence-electron chi connectivity index (χ0n) is 9.88. The first-order valence-corrected chi connectivity index (χ1v) is 5.56. The molecule has 96 valence electrons. The van der Waals surface area contributed by atoms with Crippen molar-refractivity contribution in [2.24, 2.45) is 0 Å². The Kier molecular flexibility index (Phi) is 3.57. The van der Waals surface area contributed by atoms with E-state index >= 15 is 0 Å². The molecule has 1 heterocycles.